The smallest absolute Gasteiger partial charge is 0.407 e. The number of carbonyl (C=O) groups excluding carboxylic acids is 8. The minimum absolute atomic E-state index is 0.0753. The second-order valence-electron chi connectivity index (χ2n) is 39.7. The predicted molar refractivity (Wildman–Crippen MR) is 548 cm³/mol. The van der Waals surface area contributed by atoms with Crippen LogP contribution >= 0.6 is 23.5 Å². The SMILES string of the molecule is CC(C)CC(=O)NC(C)C.CC(C)CCCSC(C)C.CC(C)CCCSC(C)C.CC(C)CNC(=O)C(C)C.CC(C)CNC(=O)NC(C)C.CC(C)CNC(=O)NC(C)C.CC(C)COC(=O)NCCCOC(C)C.CC(C)NC(=O)C(C)C.CC(C)NC(=O)C(C)C.CC(C)NC(=O)NC(C)C.CC(C)OCC(O)C(C)C.COC(COC(C)C)C(C)C. The quantitative estimate of drug-likeness (QED) is 0.0252. The van der Waals surface area contributed by atoms with Crippen LogP contribution in [0, 0.1) is 71.0 Å². The normalized spacial score (nSPS) is 11.3. The van der Waals surface area contributed by atoms with Gasteiger partial charge in [-0.1, -0.05) is 207 Å². The molecule has 27 heteroatoms. The molecule has 0 aliphatic carbocycles. The van der Waals surface area contributed by atoms with Crippen LogP contribution < -0.4 is 58.5 Å². The molecule has 0 rings (SSSR count). The van der Waals surface area contributed by atoms with E-state index in [4.69, 9.17) is 23.7 Å². The molecule has 0 spiro atoms. The number of carbonyl (C=O) groups is 8. The van der Waals surface area contributed by atoms with Gasteiger partial charge in [0, 0.05) is 106 Å². The maximum atomic E-state index is 11.1. The lowest BCUT2D eigenvalue weighted by Gasteiger charge is -2.20. The molecule has 0 bridgehead atoms. The Morgan fingerprint density at radius 1 is 0.310 bits per heavy atom. The number of ether oxygens (including phenoxy) is 5. The van der Waals surface area contributed by atoms with Crippen molar-refractivity contribution in [3.05, 3.63) is 0 Å². The Balaban J connectivity index is -0.000000113. The molecule has 126 heavy (non-hydrogen) atoms. The van der Waals surface area contributed by atoms with Crippen molar-refractivity contribution in [2.45, 2.75) is 454 Å². The summed E-state index contributed by atoms with van der Waals surface area (Å²) >= 11 is 4.15. The van der Waals surface area contributed by atoms with Crippen molar-refractivity contribution in [2.75, 3.05) is 71.2 Å². The molecule has 0 saturated carbocycles. The highest BCUT2D eigenvalue weighted by atomic mass is 32.2. The second kappa shape index (κ2) is 99.5. The molecular formula is C99H217N11O14S2. The number of urea groups is 3. The Kier molecular flexibility index (Phi) is 116. The summed E-state index contributed by atoms with van der Waals surface area (Å²) in [6.07, 6.45) is 7.35. The molecule has 0 radical (unpaired) electrons. The molecule has 12 N–H and O–H groups in total. The number of methoxy groups -OCH3 is 1. The first kappa shape index (κ1) is 147. The highest BCUT2D eigenvalue weighted by molar-refractivity contribution is 8.00. The summed E-state index contributed by atoms with van der Waals surface area (Å²) in [5, 5.41) is 41.3. The van der Waals surface area contributed by atoms with Gasteiger partial charge in [0.1, 0.15) is 0 Å². The zero-order valence-electron chi connectivity index (χ0n) is 91.4. The number of nitrogens with one attached hydrogen (secondary N) is 11. The first-order valence-corrected chi connectivity index (χ1v) is 50.2. The van der Waals surface area contributed by atoms with Crippen molar-refractivity contribution in [2.24, 2.45) is 71.0 Å². The standard InChI is InChI=1S/C11H23NO3.C9H20O2.2C9H20S.2C8H18N2O.2C8H17NO.C8H18O2.C7H16N2O.2C7H15NO/c1-9(2)8-15-11(13)12-6-5-7-14-10(3)4;1-7(2)9(10-5)6-11-8(3)4;2*1-8(2)6-5-7-10-9(3)4;2*1-6(2)5-9-8(11)10-7(3)4;1-6(2)5-9-8(10)7(3)4;1-6(2)5-8(10)9-7(3)4;1-6(2)8(9)5-10-7(3)4;1-5(2)8-7(10)9-6(3)4;2*1-5(2)7(9)8-6(3)4/h9-10H,5-8H2,1-4H3,(H,12,13);7-9H,6H2,1-5H3;2*8-9H,5-7H2,1-4H3;2*6-7H,5H2,1-4H3,(H2,9,10,11);2*6-7H,5H2,1-4H3,(H,9,10);6-9H,5H2,1-4H3;5-6H,1-4H3,(H2,8,9,10);2*5-6H,1-4H3,(H,8,9). The maximum absolute atomic E-state index is 11.1. The monoisotopic (exact) mass is 1850 g/mol. The third-order valence-electron chi connectivity index (χ3n) is 14.5. The number of rotatable bonds is 44. The largest absolute Gasteiger partial charge is 0.449 e. The fraction of sp³-hybridized carbons (Fsp3) is 0.919. The Labute approximate surface area is 789 Å². The van der Waals surface area contributed by atoms with E-state index in [9.17, 15) is 43.5 Å². The molecule has 0 aromatic heterocycles. The minimum atomic E-state index is -0.340. The van der Waals surface area contributed by atoms with Crippen LogP contribution in [0.1, 0.15) is 371 Å². The van der Waals surface area contributed by atoms with Crippen molar-refractivity contribution >= 4 is 71.3 Å². The average molecular weight is 1850 g/mol. The van der Waals surface area contributed by atoms with Crippen molar-refractivity contribution in [3.8, 4) is 0 Å². The third-order valence-corrected chi connectivity index (χ3v) is 16.9. The topological polar surface area (TPSA) is 335 Å². The van der Waals surface area contributed by atoms with E-state index in [1.54, 1.807) is 7.11 Å². The molecule has 2 atom stereocenters. The van der Waals surface area contributed by atoms with E-state index in [0.29, 0.717) is 86.9 Å². The lowest BCUT2D eigenvalue weighted by molar-refractivity contribution is -0.125. The van der Waals surface area contributed by atoms with E-state index in [0.717, 1.165) is 48.4 Å². The Morgan fingerprint density at radius 2 is 0.627 bits per heavy atom. The lowest BCUT2D eigenvalue weighted by atomic mass is 10.1. The molecule has 0 saturated heterocycles. The molecule has 764 valence electrons. The fourth-order valence-electron chi connectivity index (χ4n) is 7.75. The van der Waals surface area contributed by atoms with Gasteiger partial charge in [0.15, 0.2) is 0 Å². The van der Waals surface area contributed by atoms with Crippen LogP contribution in [0.2, 0.25) is 0 Å². The fourth-order valence-corrected chi connectivity index (χ4v) is 9.36. The van der Waals surface area contributed by atoms with E-state index < -0.39 is 0 Å². The van der Waals surface area contributed by atoms with E-state index in [1.807, 2.05) is 222 Å². The van der Waals surface area contributed by atoms with Gasteiger partial charge in [-0.15, -0.1) is 0 Å². The predicted octanol–water partition coefficient (Wildman–Crippen LogP) is 21.9. The second-order valence-corrected chi connectivity index (χ2v) is 43.0. The minimum Gasteiger partial charge on any atom is -0.449 e. The maximum Gasteiger partial charge on any atom is 0.407 e. The third kappa shape index (κ3) is 163. The van der Waals surface area contributed by atoms with Gasteiger partial charge in [0.05, 0.1) is 50.3 Å². The van der Waals surface area contributed by atoms with Crippen LogP contribution in [-0.2, 0) is 42.9 Å². The van der Waals surface area contributed by atoms with E-state index >= 15 is 0 Å². The van der Waals surface area contributed by atoms with Crippen LogP contribution in [-0.4, -0.2) is 207 Å². The zero-order valence-corrected chi connectivity index (χ0v) is 93.0. The van der Waals surface area contributed by atoms with Gasteiger partial charge >= 0.3 is 24.2 Å². The van der Waals surface area contributed by atoms with Gasteiger partial charge in [0.25, 0.3) is 0 Å². The zero-order chi connectivity index (χ0) is 102. The van der Waals surface area contributed by atoms with Crippen molar-refractivity contribution < 1.29 is 67.1 Å². The van der Waals surface area contributed by atoms with Crippen molar-refractivity contribution in [3.63, 3.8) is 0 Å². The van der Waals surface area contributed by atoms with Gasteiger partial charge < -0.3 is 87.3 Å². The summed E-state index contributed by atoms with van der Waals surface area (Å²) in [7, 11) is 1.73. The average Bonchev–Trinajstić information content (AvgIpc) is 0.950. The molecule has 0 aliphatic rings. The first-order valence-electron chi connectivity index (χ1n) is 48.1. The molecule has 0 aromatic rings. The molecule has 0 heterocycles. The Bertz CT molecular complexity index is 2240. The van der Waals surface area contributed by atoms with E-state index in [2.05, 4.69) is 193 Å². The lowest BCUT2D eigenvalue weighted by Crippen LogP contribution is -2.42. The summed E-state index contributed by atoms with van der Waals surface area (Å²) in [4.78, 5) is 87.4. The molecule has 11 amide bonds. The number of aliphatic hydroxyl groups is 1. The van der Waals surface area contributed by atoms with Gasteiger partial charge in [-0.05, 0) is 233 Å². The van der Waals surface area contributed by atoms with Crippen LogP contribution in [0.5, 0.6) is 0 Å². The van der Waals surface area contributed by atoms with Crippen LogP contribution in [0.15, 0.2) is 0 Å². The number of aliphatic hydroxyl groups excluding tert-OH is 1. The summed E-state index contributed by atoms with van der Waals surface area (Å²) in [5.41, 5.74) is 0. The van der Waals surface area contributed by atoms with E-state index in [-0.39, 0.29) is 132 Å². The van der Waals surface area contributed by atoms with Gasteiger partial charge in [-0.3, -0.25) is 19.2 Å². The Hall–Kier alpha value is -4.54. The van der Waals surface area contributed by atoms with Gasteiger partial charge in [-0.25, -0.2) is 19.2 Å². The summed E-state index contributed by atoms with van der Waals surface area (Å²) in [6.45, 7) is 103. The van der Waals surface area contributed by atoms with Crippen molar-refractivity contribution in [1.82, 2.24) is 58.5 Å². The van der Waals surface area contributed by atoms with Crippen LogP contribution in [0.3, 0.4) is 0 Å². The summed E-state index contributed by atoms with van der Waals surface area (Å²) in [5.74, 6) is 8.54. The van der Waals surface area contributed by atoms with Crippen LogP contribution in [0.4, 0.5) is 19.2 Å². The summed E-state index contributed by atoms with van der Waals surface area (Å²) in [6, 6.07) is 1.39. The Morgan fingerprint density at radius 3 is 0.873 bits per heavy atom. The van der Waals surface area contributed by atoms with Gasteiger partial charge in [0.2, 0.25) is 23.6 Å². The molecule has 2 unspecified atom stereocenters. The molecule has 25 nitrogen and oxygen atoms in total. The number of amides is 11. The number of hydrogen-bond acceptors (Lipinski definition) is 16. The number of alkyl carbamates (subject to hydrolysis) is 1. The molecular weight excluding hydrogens is 1630 g/mol. The first-order chi connectivity index (χ1) is 57.6. The van der Waals surface area contributed by atoms with Crippen molar-refractivity contribution in [1.29, 1.82) is 0 Å². The highest BCUT2D eigenvalue weighted by Gasteiger charge is 2.15. The summed E-state index contributed by atoms with van der Waals surface area (Å²) < 4.78 is 26.2. The molecule has 0 fully saturated rings. The number of hydrogen-bond donors (Lipinski definition) is 12. The molecule has 0 aliphatic heterocycles. The molecule has 0 aromatic carbocycles. The highest BCUT2D eigenvalue weighted by Crippen LogP contribution is 2.15. The van der Waals surface area contributed by atoms with Crippen LogP contribution in [0.25, 0.3) is 0 Å². The van der Waals surface area contributed by atoms with Gasteiger partial charge in [-0.2, -0.15) is 23.5 Å². The number of thioether (sulfide) groups is 2. The van der Waals surface area contributed by atoms with E-state index in [1.165, 1.54) is 37.2 Å².